The molecule has 0 unspecified atom stereocenters. The molecule has 0 saturated heterocycles. The van der Waals surface area contributed by atoms with Crippen LogP contribution < -0.4 is 21.7 Å². The lowest BCUT2D eigenvalue weighted by Gasteiger charge is -2.33. The van der Waals surface area contributed by atoms with Crippen molar-refractivity contribution in [3.05, 3.63) is 48.0 Å². The number of fused-ring (bicyclic) bond motifs is 1. The van der Waals surface area contributed by atoms with Crippen LogP contribution in [0.5, 0.6) is 0 Å². The van der Waals surface area contributed by atoms with Gasteiger partial charge in [0.1, 0.15) is 6.04 Å². The molecule has 5 atom stereocenters. The van der Waals surface area contributed by atoms with Gasteiger partial charge in [0.05, 0.1) is 18.2 Å². The molecule has 250 valence electrons. The van der Waals surface area contributed by atoms with Gasteiger partial charge in [-0.05, 0) is 60.3 Å². The molecule has 45 heavy (non-hydrogen) atoms. The predicted octanol–water partition coefficient (Wildman–Crippen LogP) is 5.39. The van der Waals surface area contributed by atoms with Gasteiger partial charge in [-0.25, -0.2) is 0 Å². The van der Waals surface area contributed by atoms with E-state index >= 15 is 0 Å². The fourth-order valence-electron chi connectivity index (χ4n) is 6.50. The lowest BCUT2D eigenvalue weighted by Crippen LogP contribution is -2.56. The topological polar surface area (TPSA) is 134 Å². The van der Waals surface area contributed by atoms with Crippen LogP contribution in [0, 0.1) is 17.8 Å². The Balaban J connectivity index is 1.71. The Labute approximate surface area is 270 Å². The van der Waals surface area contributed by atoms with Crippen LogP contribution in [-0.4, -0.2) is 53.6 Å². The Bertz CT molecular complexity index is 1210. The van der Waals surface area contributed by atoms with E-state index in [4.69, 9.17) is 5.73 Å². The lowest BCUT2D eigenvalue weighted by atomic mass is 9.82. The van der Waals surface area contributed by atoms with Crippen LogP contribution in [0.2, 0.25) is 0 Å². The van der Waals surface area contributed by atoms with Crippen LogP contribution in [-0.2, 0) is 20.8 Å². The second-order valence-corrected chi connectivity index (χ2v) is 13.6. The first-order chi connectivity index (χ1) is 21.6. The monoisotopic (exact) mass is 622 g/mol. The number of hydrogen-bond acceptors (Lipinski definition) is 5. The molecule has 8 nitrogen and oxygen atoms in total. The summed E-state index contributed by atoms with van der Waals surface area (Å²) in [6, 6.07) is 11.9. The van der Waals surface area contributed by atoms with Crippen molar-refractivity contribution in [2.24, 2.45) is 23.5 Å². The molecule has 0 aliphatic heterocycles. The van der Waals surface area contributed by atoms with Gasteiger partial charge in [0.15, 0.2) is 0 Å². The summed E-state index contributed by atoms with van der Waals surface area (Å²) in [6.45, 7) is 8.70. The lowest BCUT2D eigenvalue weighted by molar-refractivity contribution is -0.131. The fourth-order valence-corrected chi connectivity index (χ4v) is 6.50. The van der Waals surface area contributed by atoms with Crippen molar-refractivity contribution in [2.45, 2.75) is 129 Å². The maximum absolute atomic E-state index is 13.8. The molecule has 2 aromatic rings. The summed E-state index contributed by atoms with van der Waals surface area (Å²) in [5.74, 6) is -0.312. The SMILES string of the molecule is CCCC[C@H](NC(=O)[C@@H](N)Cc1cccc2ccccc12)C(=O)N[C@@H](CC1CCCCC1)[C@@H](O)C[C@H](CC)C(=O)NCC(C)C. The van der Waals surface area contributed by atoms with E-state index in [0.717, 1.165) is 54.9 Å². The normalized spacial score (nSPS) is 17.3. The van der Waals surface area contributed by atoms with Crippen LogP contribution in [0.25, 0.3) is 10.8 Å². The molecule has 3 amide bonds. The molecule has 1 fully saturated rings. The first-order valence-corrected chi connectivity index (χ1v) is 17.4. The maximum Gasteiger partial charge on any atom is 0.242 e. The van der Waals surface area contributed by atoms with Crippen molar-refractivity contribution in [1.29, 1.82) is 0 Å². The minimum Gasteiger partial charge on any atom is -0.391 e. The first kappa shape index (κ1) is 36.5. The van der Waals surface area contributed by atoms with E-state index in [1.165, 1.54) is 6.42 Å². The molecule has 0 radical (unpaired) electrons. The molecule has 0 spiro atoms. The third-order valence-electron chi connectivity index (χ3n) is 9.31. The zero-order valence-electron chi connectivity index (χ0n) is 28.0. The van der Waals surface area contributed by atoms with Gasteiger partial charge >= 0.3 is 0 Å². The molecule has 0 bridgehead atoms. The van der Waals surface area contributed by atoms with E-state index in [1.54, 1.807) is 0 Å². The average molecular weight is 623 g/mol. The molecule has 8 heteroatoms. The van der Waals surface area contributed by atoms with Gasteiger partial charge in [-0.1, -0.05) is 115 Å². The van der Waals surface area contributed by atoms with Crippen molar-refractivity contribution < 1.29 is 19.5 Å². The van der Waals surface area contributed by atoms with Crippen molar-refractivity contribution in [3.8, 4) is 0 Å². The van der Waals surface area contributed by atoms with E-state index in [1.807, 2.05) is 56.3 Å². The Morgan fingerprint density at radius 1 is 0.933 bits per heavy atom. The zero-order chi connectivity index (χ0) is 32.8. The highest BCUT2D eigenvalue weighted by Gasteiger charge is 2.32. The van der Waals surface area contributed by atoms with E-state index in [9.17, 15) is 19.5 Å². The molecule has 0 heterocycles. The largest absolute Gasteiger partial charge is 0.391 e. The Kier molecular flexibility index (Phi) is 15.3. The number of unbranched alkanes of at least 4 members (excludes halogenated alkanes) is 1. The molecule has 2 aromatic carbocycles. The van der Waals surface area contributed by atoms with E-state index in [-0.39, 0.29) is 30.1 Å². The predicted molar refractivity (Wildman–Crippen MR) is 182 cm³/mol. The summed E-state index contributed by atoms with van der Waals surface area (Å²) in [4.78, 5) is 40.1. The van der Waals surface area contributed by atoms with Gasteiger partial charge in [-0.15, -0.1) is 0 Å². The smallest absolute Gasteiger partial charge is 0.242 e. The molecule has 0 aromatic heterocycles. The number of carbonyl (C=O) groups excluding carboxylic acids is 3. The number of carbonyl (C=O) groups is 3. The van der Waals surface area contributed by atoms with E-state index < -0.39 is 24.2 Å². The summed E-state index contributed by atoms with van der Waals surface area (Å²) in [7, 11) is 0. The first-order valence-electron chi connectivity index (χ1n) is 17.4. The van der Waals surface area contributed by atoms with Gasteiger partial charge in [0, 0.05) is 12.5 Å². The maximum atomic E-state index is 13.8. The third kappa shape index (κ3) is 11.7. The zero-order valence-corrected chi connectivity index (χ0v) is 28.0. The summed E-state index contributed by atoms with van der Waals surface area (Å²) in [5, 5.41) is 22.7. The second kappa shape index (κ2) is 18.9. The molecule has 1 aliphatic carbocycles. The Morgan fingerprint density at radius 3 is 2.33 bits per heavy atom. The third-order valence-corrected chi connectivity index (χ3v) is 9.31. The van der Waals surface area contributed by atoms with Gasteiger partial charge in [0.2, 0.25) is 17.7 Å². The molecular weight excluding hydrogens is 564 g/mol. The average Bonchev–Trinajstić information content (AvgIpc) is 3.04. The Morgan fingerprint density at radius 2 is 1.64 bits per heavy atom. The van der Waals surface area contributed by atoms with Gasteiger partial charge in [-0.3, -0.25) is 14.4 Å². The van der Waals surface area contributed by atoms with Crippen LogP contribution >= 0.6 is 0 Å². The van der Waals surface area contributed by atoms with Crippen LogP contribution in [0.4, 0.5) is 0 Å². The quantitative estimate of drug-likeness (QED) is 0.152. The molecule has 1 aliphatic rings. The number of hydrogen-bond donors (Lipinski definition) is 5. The van der Waals surface area contributed by atoms with E-state index in [0.29, 0.717) is 44.1 Å². The van der Waals surface area contributed by atoms with Crippen molar-refractivity contribution in [2.75, 3.05) is 6.54 Å². The minimum absolute atomic E-state index is 0.0544. The molecule has 6 N–H and O–H groups in total. The summed E-state index contributed by atoms with van der Waals surface area (Å²) < 4.78 is 0. The van der Waals surface area contributed by atoms with Crippen molar-refractivity contribution in [3.63, 3.8) is 0 Å². The van der Waals surface area contributed by atoms with Gasteiger partial charge in [-0.2, -0.15) is 0 Å². The number of rotatable bonds is 18. The Hall–Kier alpha value is -2.97. The van der Waals surface area contributed by atoms with Crippen LogP contribution in [0.3, 0.4) is 0 Å². The number of nitrogens with one attached hydrogen (secondary N) is 3. The number of aliphatic hydroxyl groups is 1. The van der Waals surface area contributed by atoms with Crippen LogP contribution in [0.15, 0.2) is 42.5 Å². The second-order valence-electron chi connectivity index (χ2n) is 13.6. The van der Waals surface area contributed by atoms with Gasteiger partial charge in [0.25, 0.3) is 0 Å². The number of benzene rings is 2. The number of aliphatic hydroxyl groups excluding tert-OH is 1. The molecular formula is C37H58N4O4. The summed E-state index contributed by atoms with van der Waals surface area (Å²) in [6.07, 6.45) is 8.82. The fraction of sp³-hybridized carbons (Fsp3) is 0.649. The van der Waals surface area contributed by atoms with Crippen LogP contribution in [0.1, 0.15) is 104 Å². The van der Waals surface area contributed by atoms with E-state index in [2.05, 4.69) is 29.8 Å². The van der Waals surface area contributed by atoms with Gasteiger partial charge < -0.3 is 26.8 Å². The van der Waals surface area contributed by atoms with Crippen molar-refractivity contribution in [1.82, 2.24) is 16.0 Å². The minimum atomic E-state index is -0.873. The summed E-state index contributed by atoms with van der Waals surface area (Å²) >= 11 is 0. The standard InChI is InChI=1S/C37H58N4O4/c1-5-7-20-32(40-36(44)31(38)22-29-18-13-17-28-16-11-12-19-30(28)29)37(45)41-33(21-26-14-9-8-10-15-26)34(42)23-27(6-2)35(43)39-24-25(3)4/h11-13,16-19,25-27,31-34,42H,5-10,14-15,20-24,38H2,1-4H3,(H,39,43)(H,40,44)(H,41,45)/t27-,31-,32-,33-,34-/m0/s1. The molecule has 1 saturated carbocycles. The number of nitrogens with two attached hydrogens (primary N) is 1. The number of amides is 3. The molecule has 3 rings (SSSR count). The highest BCUT2D eigenvalue weighted by molar-refractivity contribution is 5.91. The van der Waals surface area contributed by atoms with Crippen molar-refractivity contribution >= 4 is 28.5 Å². The summed E-state index contributed by atoms with van der Waals surface area (Å²) in [5.41, 5.74) is 7.40. The highest BCUT2D eigenvalue weighted by Crippen LogP contribution is 2.29. The highest BCUT2D eigenvalue weighted by atomic mass is 16.3.